The molecule has 0 fully saturated rings. The topological polar surface area (TPSA) is 84.9 Å². The van der Waals surface area contributed by atoms with Gasteiger partial charge in [-0.1, -0.05) is 0 Å². The molecule has 7 heteroatoms. The van der Waals surface area contributed by atoms with E-state index in [0.29, 0.717) is 5.82 Å². The molecule has 0 saturated carbocycles. The summed E-state index contributed by atoms with van der Waals surface area (Å²) >= 11 is 1.53. The summed E-state index contributed by atoms with van der Waals surface area (Å²) in [6.07, 6.45) is 1.91. The lowest BCUT2D eigenvalue weighted by Crippen LogP contribution is -1.85. The van der Waals surface area contributed by atoms with Gasteiger partial charge in [0, 0.05) is 17.6 Å². The molecule has 0 atom stereocenters. The van der Waals surface area contributed by atoms with Crippen LogP contribution >= 0.6 is 11.3 Å². The van der Waals surface area contributed by atoms with E-state index in [2.05, 4.69) is 20.4 Å². The number of hydrogen-bond acceptors (Lipinski definition) is 5. The Kier molecular flexibility index (Phi) is 1.37. The van der Waals surface area contributed by atoms with Gasteiger partial charge in [0.05, 0.1) is 0 Å². The van der Waals surface area contributed by atoms with Crippen molar-refractivity contribution >= 4 is 22.1 Å². The van der Waals surface area contributed by atoms with Crippen molar-refractivity contribution in [2.75, 3.05) is 5.73 Å². The Hall–Kier alpha value is -1.89. The zero-order valence-electron chi connectivity index (χ0n) is 7.01. The minimum atomic E-state index is 0.451. The smallest absolute Gasteiger partial charge is 0.216 e. The molecule has 0 radical (unpaired) electrons. The third-order valence-corrected chi connectivity index (χ3v) is 2.63. The summed E-state index contributed by atoms with van der Waals surface area (Å²) in [5.41, 5.74) is 6.28. The number of nitrogens with zero attached hydrogens (tertiary/aromatic N) is 4. The minimum absolute atomic E-state index is 0.451. The number of thiazole rings is 1. The number of H-pyrrole nitrogens is 1. The molecule has 3 rings (SSSR count). The fraction of sp³-hybridized carbons (Fsp3) is 0. The highest BCUT2D eigenvalue weighted by atomic mass is 32.1. The molecule has 70 valence electrons. The largest absolute Gasteiger partial charge is 0.382 e. The van der Waals surface area contributed by atoms with Gasteiger partial charge in [-0.2, -0.15) is 5.10 Å². The average molecular weight is 206 g/mol. The maximum atomic E-state index is 5.51. The van der Waals surface area contributed by atoms with Crippen molar-refractivity contribution in [1.29, 1.82) is 0 Å². The van der Waals surface area contributed by atoms with E-state index >= 15 is 0 Å². The predicted octanol–water partition coefficient (Wildman–Crippen LogP) is 0.763. The first kappa shape index (κ1) is 7.51. The van der Waals surface area contributed by atoms with E-state index < -0.39 is 0 Å². The summed E-state index contributed by atoms with van der Waals surface area (Å²) in [7, 11) is 0. The standard InChI is InChI=1S/C7H6N6S/c8-5-3-4(9-10-5)6-11-12-7-13(6)1-2-14-7/h1-3H,(H3,8,9,10). The first-order chi connectivity index (χ1) is 6.84. The second-order valence-corrected chi connectivity index (χ2v) is 3.66. The lowest BCUT2D eigenvalue weighted by molar-refractivity contribution is 1.05. The van der Waals surface area contributed by atoms with Crippen LogP contribution in [0, 0.1) is 0 Å². The van der Waals surface area contributed by atoms with Crippen molar-refractivity contribution in [2.24, 2.45) is 0 Å². The summed E-state index contributed by atoms with van der Waals surface area (Å²) in [5, 5.41) is 16.6. The number of anilines is 1. The zero-order valence-corrected chi connectivity index (χ0v) is 7.82. The third kappa shape index (κ3) is 0.925. The van der Waals surface area contributed by atoms with Gasteiger partial charge in [-0.15, -0.1) is 21.5 Å². The van der Waals surface area contributed by atoms with Gasteiger partial charge < -0.3 is 5.73 Å². The van der Waals surface area contributed by atoms with Crippen LogP contribution in [-0.4, -0.2) is 24.8 Å². The molecular formula is C7H6N6S. The maximum Gasteiger partial charge on any atom is 0.216 e. The quantitative estimate of drug-likeness (QED) is 0.615. The second kappa shape index (κ2) is 2.55. The second-order valence-electron chi connectivity index (χ2n) is 2.79. The first-order valence-electron chi connectivity index (χ1n) is 3.94. The van der Waals surface area contributed by atoms with E-state index in [9.17, 15) is 0 Å². The van der Waals surface area contributed by atoms with Crippen molar-refractivity contribution in [2.45, 2.75) is 0 Å². The summed E-state index contributed by atoms with van der Waals surface area (Å²) in [6.45, 7) is 0. The number of fused-ring (bicyclic) bond motifs is 1. The Morgan fingerprint density at radius 2 is 2.36 bits per heavy atom. The van der Waals surface area contributed by atoms with Crippen molar-refractivity contribution in [1.82, 2.24) is 24.8 Å². The highest BCUT2D eigenvalue weighted by Crippen LogP contribution is 2.19. The summed E-state index contributed by atoms with van der Waals surface area (Å²) in [6, 6.07) is 1.73. The summed E-state index contributed by atoms with van der Waals surface area (Å²) in [5.74, 6) is 1.18. The van der Waals surface area contributed by atoms with E-state index in [1.54, 1.807) is 6.07 Å². The van der Waals surface area contributed by atoms with Gasteiger partial charge in [0.25, 0.3) is 0 Å². The molecular weight excluding hydrogens is 200 g/mol. The molecule has 3 N–H and O–H groups in total. The maximum absolute atomic E-state index is 5.51. The SMILES string of the molecule is Nc1cc(-c2nnc3sccn23)[nH]n1. The average Bonchev–Trinajstić information content (AvgIpc) is 2.77. The Morgan fingerprint density at radius 1 is 1.43 bits per heavy atom. The Balaban J connectivity index is 2.27. The van der Waals surface area contributed by atoms with Crippen LogP contribution in [0.2, 0.25) is 0 Å². The van der Waals surface area contributed by atoms with E-state index in [0.717, 1.165) is 16.5 Å². The van der Waals surface area contributed by atoms with Gasteiger partial charge >= 0.3 is 0 Å². The summed E-state index contributed by atoms with van der Waals surface area (Å²) in [4.78, 5) is 0.855. The van der Waals surface area contributed by atoms with Gasteiger partial charge in [-0.05, 0) is 0 Å². The van der Waals surface area contributed by atoms with Crippen LogP contribution in [0.15, 0.2) is 17.6 Å². The molecule has 0 saturated heterocycles. The molecule has 0 aliphatic rings. The van der Waals surface area contributed by atoms with Crippen LogP contribution in [0.1, 0.15) is 0 Å². The van der Waals surface area contributed by atoms with Gasteiger partial charge in [0.1, 0.15) is 11.5 Å². The van der Waals surface area contributed by atoms with Crippen LogP contribution in [0.25, 0.3) is 16.5 Å². The third-order valence-electron chi connectivity index (χ3n) is 1.89. The molecule has 0 aromatic carbocycles. The summed E-state index contributed by atoms with van der Waals surface area (Å²) < 4.78 is 1.89. The minimum Gasteiger partial charge on any atom is -0.382 e. The Bertz CT molecular complexity index is 576. The fourth-order valence-corrected chi connectivity index (χ4v) is 1.93. The van der Waals surface area contributed by atoms with E-state index in [-0.39, 0.29) is 0 Å². The number of aromatic nitrogens is 5. The van der Waals surface area contributed by atoms with Gasteiger partial charge in [0.15, 0.2) is 5.82 Å². The van der Waals surface area contributed by atoms with Gasteiger partial charge in [0.2, 0.25) is 4.96 Å². The van der Waals surface area contributed by atoms with Crippen molar-refractivity contribution < 1.29 is 0 Å². The van der Waals surface area contributed by atoms with Gasteiger partial charge in [-0.25, -0.2) is 0 Å². The lowest BCUT2D eigenvalue weighted by atomic mass is 10.4. The number of hydrogen-bond donors (Lipinski definition) is 2. The molecule has 14 heavy (non-hydrogen) atoms. The van der Waals surface area contributed by atoms with Gasteiger partial charge in [-0.3, -0.25) is 9.50 Å². The number of rotatable bonds is 1. The predicted molar refractivity (Wildman–Crippen MR) is 52.9 cm³/mol. The Labute approximate surface area is 82.4 Å². The van der Waals surface area contributed by atoms with Crippen LogP contribution < -0.4 is 5.73 Å². The lowest BCUT2D eigenvalue weighted by Gasteiger charge is -1.89. The molecule has 3 heterocycles. The molecule has 0 spiro atoms. The normalized spacial score (nSPS) is 11.1. The number of nitrogens with two attached hydrogens (primary N) is 1. The van der Waals surface area contributed by atoms with Crippen LogP contribution in [0.4, 0.5) is 5.82 Å². The van der Waals surface area contributed by atoms with Crippen LogP contribution in [-0.2, 0) is 0 Å². The molecule has 0 bridgehead atoms. The van der Waals surface area contributed by atoms with E-state index in [4.69, 9.17) is 5.73 Å². The molecule has 6 nitrogen and oxygen atoms in total. The monoisotopic (exact) mass is 206 g/mol. The molecule has 0 unspecified atom stereocenters. The number of nitrogens with one attached hydrogen (secondary N) is 1. The Morgan fingerprint density at radius 3 is 3.14 bits per heavy atom. The molecule has 3 aromatic heterocycles. The highest BCUT2D eigenvalue weighted by Gasteiger charge is 2.10. The number of aromatic amines is 1. The van der Waals surface area contributed by atoms with Crippen LogP contribution in [0.3, 0.4) is 0 Å². The molecule has 0 amide bonds. The molecule has 3 aromatic rings. The fourth-order valence-electron chi connectivity index (χ4n) is 1.28. The van der Waals surface area contributed by atoms with Crippen molar-refractivity contribution in [3.05, 3.63) is 17.6 Å². The molecule has 0 aliphatic heterocycles. The highest BCUT2D eigenvalue weighted by molar-refractivity contribution is 7.15. The van der Waals surface area contributed by atoms with E-state index in [1.165, 1.54) is 11.3 Å². The van der Waals surface area contributed by atoms with Crippen molar-refractivity contribution in [3.63, 3.8) is 0 Å². The molecule has 0 aliphatic carbocycles. The van der Waals surface area contributed by atoms with Crippen molar-refractivity contribution in [3.8, 4) is 11.5 Å². The van der Waals surface area contributed by atoms with E-state index in [1.807, 2.05) is 16.0 Å². The number of nitrogen functional groups attached to an aromatic ring is 1. The van der Waals surface area contributed by atoms with Crippen LogP contribution in [0.5, 0.6) is 0 Å². The first-order valence-corrected chi connectivity index (χ1v) is 4.82. The zero-order chi connectivity index (χ0) is 9.54.